The minimum absolute atomic E-state index is 0.0438. The number of H-pyrrole nitrogens is 1. The van der Waals surface area contributed by atoms with Crippen molar-refractivity contribution in [3.63, 3.8) is 0 Å². The van der Waals surface area contributed by atoms with Crippen molar-refractivity contribution in [2.24, 2.45) is 7.05 Å². The number of hydrogen-bond donors (Lipinski definition) is 5. The second kappa shape index (κ2) is 6.96. The Balaban J connectivity index is 1.82. The third kappa shape index (κ3) is 2.50. The van der Waals surface area contributed by atoms with Crippen molar-refractivity contribution in [2.45, 2.75) is 19.4 Å². The molecule has 9 nitrogen and oxygen atoms in total. The summed E-state index contributed by atoms with van der Waals surface area (Å²) in [5, 5.41) is 33.4. The summed E-state index contributed by atoms with van der Waals surface area (Å²) in [7, 11) is 1.84. The summed E-state index contributed by atoms with van der Waals surface area (Å²) in [4.78, 5) is 30.8. The summed E-state index contributed by atoms with van der Waals surface area (Å²) in [6, 6.07) is 9.31. The van der Waals surface area contributed by atoms with Crippen molar-refractivity contribution in [1.29, 1.82) is 0 Å². The van der Waals surface area contributed by atoms with Gasteiger partial charge in [0, 0.05) is 46.2 Å². The number of aromatic amines is 1. The van der Waals surface area contributed by atoms with Gasteiger partial charge in [-0.15, -0.1) is 0 Å². The van der Waals surface area contributed by atoms with E-state index in [4.69, 9.17) is 0 Å². The SMILES string of the molecule is CCC(CO)NN1C(=O)c2c(c3c4ccc(O)cc4n(C)c3c3[nH]c4ccc(O)cc4c23)C1=O. The number of carbonyl (C=O) groups is 2. The first-order valence-electron chi connectivity index (χ1n) is 11.0. The first-order valence-corrected chi connectivity index (χ1v) is 11.0. The number of aromatic hydroxyl groups is 2. The minimum atomic E-state index is -0.515. The average Bonchev–Trinajstić information content (AvgIpc) is 3.41. The molecular weight excluding hydrogens is 436 g/mol. The van der Waals surface area contributed by atoms with E-state index >= 15 is 0 Å². The van der Waals surface area contributed by atoms with Crippen LogP contribution in [0.15, 0.2) is 36.4 Å². The highest BCUT2D eigenvalue weighted by atomic mass is 16.3. The molecule has 0 radical (unpaired) electrons. The van der Waals surface area contributed by atoms with E-state index in [0.717, 1.165) is 10.4 Å². The number of fused-ring (bicyclic) bond motifs is 10. The molecule has 0 saturated heterocycles. The van der Waals surface area contributed by atoms with Gasteiger partial charge >= 0.3 is 0 Å². The predicted molar refractivity (Wildman–Crippen MR) is 128 cm³/mol. The number of rotatable bonds is 4. The zero-order chi connectivity index (χ0) is 23.9. The third-order valence-corrected chi connectivity index (χ3v) is 6.81. The Kier molecular flexibility index (Phi) is 4.20. The summed E-state index contributed by atoms with van der Waals surface area (Å²) in [6.07, 6.45) is 0.517. The molecule has 6 rings (SSSR count). The number of phenolic OH excluding ortho intramolecular Hbond substituents is 2. The van der Waals surface area contributed by atoms with Gasteiger partial charge in [0.05, 0.1) is 34.3 Å². The molecule has 3 heterocycles. The zero-order valence-electron chi connectivity index (χ0n) is 18.5. The van der Waals surface area contributed by atoms with Gasteiger partial charge in [-0.25, -0.2) is 10.4 Å². The van der Waals surface area contributed by atoms with Crippen LogP contribution in [-0.2, 0) is 7.05 Å². The number of nitrogens with zero attached hydrogens (tertiary/aromatic N) is 2. The van der Waals surface area contributed by atoms with E-state index in [1.807, 2.05) is 18.5 Å². The van der Waals surface area contributed by atoms with Gasteiger partial charge in [0.25, 0.3) is 11.8 Å². The Morgan fingerprint density at radius 2 is 1.65 bits per heavy atom. The maximum Gasteiger partial charge on any atom is 0.276 e. The van der Waals surface area contributed by atoms with E-state index in [1.165, 1.54) is 0 Å². The first kappa shape index (κ1) is 20.5. The van der Waals surface area contributed by atoms with Crippen molar-refractivity contribution in [3.8, 4) is 11.5 Å². The van der Waals surface area contributed by atoms with Crippen LogP contribution in [0.5, 0.6) is 11.5 Å². The number of aliphatic hydroxyl groups excluding tert-OH is 1. The van der Waals surface area contributed by atoms with Gasteiger partial charge in [-0.05, 0) is 36.8 Å². The normalized spacial score (nSPS) is 14.9. The number of nitrogens with one attached hydrogen (secondary N) is 2. The fourth-order valence-electron chi connectivity index (χ4n) is 5.14. The fraction of sp³-hybridized carbons (Fsp3) is 0.200. The molecule has 172 valence electrons. The molecule has 0 fully saturated rings. The van der Waals surface area contributed by atoms with Gasteiger partial charge in [-0.1, -0.05) is 6.92 Å². The number of imide groups is 1. The van der Waals surface area contributed by atoms with Crippen LogP contribution in [0.1, 0.15) is 34.1 Å². The highest BCUT2D eigenvalue weighted by Gasteiger charge is 2.42. The highest BCUT2D eigenvalue weighted by Crippen LogP contribution is 2.45. The molecule has 5 N–H and O–H groups in total. The standard InChI is InChI=1S/C25H22N4O5/c1-3-11(10-30)27-29-24(33)20-18-15-8-12(31)5-7-16(15)26-22(18)23-19(21(20)25(29)34)14-6-4-13(32)9-17(14)28(23)2/h4-9,11,26-27,30-32H,3,10H2,1-2H3. The van der Waals surface area contributed by atoms with Crippen LogP contribution in [0.2, 0.25) is 0 Å². The molecule has 2 aromatic heterocycles. The number of benzene rings is 3. The summed E-state index contributed by atoms with van der Waals surface area (Å²) in [5.74, 6) is -0.887. The van der Waals surface area contributed by atoms with E-state index < -0.39 is 17.9 Å². The molecule has 1 aliphatic heterocycles. The maximum absolute atomic E-state index is 13.7. The summed E-state index contributed by atoms with van der Waals surface area (Å²) in [5.41, 5.74) is 6.17. The number of amides is 2. The lowest BCUT2D eigenvalue weighted by atomic mass is 9.96. The van der Waals surface area contributed by atoms with Crippen LogP contribution in [-0.4, -0.2) is 54.3 Å². The third-order valence-electron chi connectivity index (χ3n) is 6.81. The molecular formula is C25H22N4O5. The van der Waals surface area contributed by atoms with Crippen LogP contribution in [0.3, 0.4) is 0 Å². The Hall–Kier alpha value is -4.08. The summed E-state index contributed by atoms with van der Waals surface area (Å²) >= 11 is 0. The monoisotopic (exact) mass is 458 g/mol. The Morgan fingerprint density at radius 3 is 2.35 bits per heavy atom. The smallest absolute Gasteiger partial charge is 0.276 e. The molecule has 0 aliphatic carbocycles. The number of aliphatic hydroxyl groups is 1. The quantitative estimate of drug-likeness (QED) is 0.263. The van der Waals surface area contributed by atoms with Crippen molar-refractivity contribution >= 4 is 55.4 Å². The molecule has 5 aromatic rings. The topological polar surface area (TPSA) is 131 Å². The van der Waals surface area contributed by atoms with E-state index in [1.54, 1.807) is 36.4 Å². The Morgan fingerprint density at radius 1 is 0.971 bits per heavy atom. The van der Waals surface area contributed by atoms with Crippen molar-refractivity contribution in [1.82, 2.24) is 20.0 Å². The zero-order valence-corrected chi connectivity index (χ0v) is 18.5. The van der Waals surface area contributed by atoms with Crippen LogP contribution < -0.4 is 5.43 Å². The lowest BCUT2D eigenvalue weighted by Gasteiger charge is -2.21. The number of hydrogen-bond acceptors (Lipinski definition) is 6. The Labute approximate surface area is 192 Å². The largest absolute Gasteiger partial charge is 0.508 e. The lowest BCUT2D eigenvalue weighted by molar-refractivity contribution is 0.0502. The van der Waals surface area contributed by atoms with Crippen molar-refractivity contribution < 1.29 is 24.9 Å². The second-order valence-electron chi connectivity index (χ2n) is 8.70. The molecule has 34 heavy (non-hydrogen) atoms. The fourth-order valence-corrected chi connectivity index (χ4v) is 5.14. The minimum Gasteiger partial charge on any atom is -0.508 e. The lowest BCUT2D eigenvalue weighted by Crippen LogP contribution is -2.49. The molecule has 0 bridgehead atoms. The molecule has 0 saturated carbocycles. The van der Waals surface area contributed by atoms with Crippen LogP contribution >= 0.6 is 0 Å². The molecule has 1 atom stereocenters. The summed E-state index contributed by atoms with van der Waals surface area (Å²) in [6.45, 7) is 1.62. The number of carbonyl (C=O) groups excluding carboxylic acids is 2. The predicted octanol–water partition coefficient (Wildman–Crippen LogP) is 3.25. The summed E-state index contributed by atoms with van der Waals surface area (Å²) < 4.78 is 1.89. The van der Waals surface area contributed by atoms with Gasteiger partial charge in [-0.2, -0.15) is 0 Å². The van der Waals surface area contributed by atoms with Gasteiger partial charge in [0.15, 0.2) is 0 Å². The van der Waals surface area contributed by atoms with E-state index in [9.17, 15) is 24.9 Å². The van der Waals surface area contributed by atoms with Gasteiger partial charge in [-0.3, -0.25) is 9.59 Å². The molecule has 1 aliphatic rings. The number of phenols is 2. The van der Waals surface area contributed by atoms with Crippen LogP contribution in [0.25, 0.3) is 43.6 Å². The van der Waals surface area contributed by atoms with Gasteiger partial charge in [0.1, 0.15) is 11.5 Å². The second-order valence-corrected chi connectivity index (χ2v) is 8.70. The first-order chi connectivity index (χ1) is 16.3. The molecule has 3 aromatic carbocycles. The van der Waals surface area contributed by atoms with Crippen LogP contribution in [0, 0.1) is 0 Å². The van der Waals surface area contributed by atoms with Gasteiger partial charge in [0.2, 0.25) is 0 Å². The Bertz CT molecular complexity index is 1690. The molecule has 2 amide bonds. The number of aromatic nitrogens is 2. The number of aryl methyl sites for hydroxylation is 1. The molecule has 1 unspecified atom stereocenters. The van der Waals surface area contributed by atoms with E-state index in [0.29, 0.717) is 44.6 Å². The van der Waals surface area contributed by atoms with Crippen molar-refractivity contribution in [3.05, 3.63) is 47.5 Å². The van der Waals surface area contributed by atoms with Gasteiger partial charge < -0.3 is 24.9 Å². The maximum atomic E-state index is 13.7. The number of hydrazine groups is 1. The average molecular weight is 458 g/mol. The highest BCUT2D eigenvalue weighted by molar-refractivity contribution is 6.39. The van der Waals surface area contributed by atoms with E-state index in [-0.39, 0.29) is 29.2 Å². The molecule has 9 heteroatoms. The van der Waals surface area contributed by atoms with Crippen molar-refractivity contribution in [2.75, 3.05) is 6.61 Å². The van der Waals surface area contributed by atoms with E-state index in [2.05, 4.69) is 10.4 Å². The van der Waals surface area contributed by atoms with Crippen LogP contribution in [0.4, 0.5) is 0 Å². The molecule has 0 spiro atoms.